The van der Waals surface area contributed by atoms with E-state index in [1.807, 2.05) is 0 Å². The molecule has 2 rings (SSSR count). The first-order chi connectivity index (χ1) is 5.66. The Morgan fingerprint density at radius 3 is 2.85 bits per heavy atom. The molecule has 0 radical (unpaired) electrons. The third-order valence-electron chi connectivity index (χ3n) is 2.16. The van der Waals surface area contributed by atoms with Crippen LogP contribution in [0.4, 0.5) is 0 Å². The van der Waals surface area contributed by atoms with Gasteiger partial charge in [-0.25, -0.2) is 0 Å². The summed E-state index contributed by atoms with van der Waals surface area (Å²) in [6, 6.07) is 0. The molecule has 2 fully saturated rings. The molecule has 0 spiro atoms. The van der Waals surface area contributed by atoms with E-state index in [1.54, 1.807) is 4.90 Å². The summed E-state index contributed by atoms with van der Waals surface area (Å²) >= 11 is 0. The van der Waals surface area contributed by atoms with Crippen LogP contribution < -0.4 is 34.7 Å². The van der Waals surface area contributed by atoms with Gasteiger partial charge in [0.2, 0.25) is 5.91 Å². The first-order valence-corrected chi connectivity index (χ1v) is 3.81. The number of nitrogens with zero attached hydrogens (tertiary/aromatic N) is 1. The molecular weight excluding hydrogens is 185 g/mol. The Labute approximate surface area is 97.3 Å². The zero-order valence-corrected chi connectivity index (χ0v) is 9.36. The molecule has 2 aliphatic heterocycles. The maximum Gasteiger partial charge on any atom is 1.00 e. The number of rotatable bonds is 2. The molecule has 2 unspecified atom stereocenters. The molecule has 66 valence electrons. The monoisotopic (exact) mass is 193 g/mol. The first-order valence-electron chi connectivity index (χ1n) is 3.81. The molecule has 0 N–H and O–H groups in total. The SMILES string of the molecule is O=C([O-])CC1CN2C(=O)CC2O1.[Na+]. The maximum absolute atomic E-state index is 10.8. The van der Waals surface area contributed by atoms with Crippen molar-refractivity contribution in [1.29, 1.82) is 0 Å². The molecule has 0 aromatic heterocycles. The maximum atomic E-state index is 10.8. The van der Waals surface area contributed by atoms with Crippen molar-refractivity contribution in [3.63, 3.8) is 0 Å². The number of aliphatic carboxylic acids is 1. The Morgan fingerprint density at radius 1 is 1.69 bits per heavy atom. The molecule has 5 nitrogen and oxygen atoms in total. The standard InChI is InChI=1S/C7H9NO4.Na/c9-5-2-6-8(5)3-4(12-6)1-7(10)11;/h4,6H,1-3H2,(H,10,11);/q;+1/p-1. The molecule has 0 aliphatic carbocycles. The molecule has 0 saturated carbocycles. The normalized spacial score (nSPS) is 30.5. The van der Waals surface area contributed by atoms with Gasteiger partial charge >= 0.3 is 29.6 Å². The van der Waals surface area contributed by atoms with Crippen LogP contribution in [0.2, 0.25) is 0 Å². The fourth-order valence-electron chi connectivity index (χ4n) is 1.55. The number of hydrogen-bond acceptors (Lipinski definition) is 4. The minimum atomic E-state index is -1.13. The van der Waals surface area contributed by atoms with Gasteiger partial charge in [0.25, 0.3) is 0 Å². The predicted octanol–water partition coefficient (Wildman–Crippen LogP) is -4.91. The van der Waals surface area contributed by atoms with Crippen LogP contribution in [-0.4, -0.2) is 35.7 Å². The third kappa shape index (κ3) is 2.04. The third-order valence-corrected chi connectivity index (χ3v) is 2.16. The average molecular weight is 193 g/mol. The van der Waals surface area contributed by atoms with Crippen molar-refractivity contribution in [2.45, 2.75) is 25.2 Å². The number of ether oxygens (including phenoxy) is 1. The van der Waals surface area contributed by atoms with Gasteiger partial charge in [-0.05, 0) is 0 Å². The molecule has 6 heteroatoms. The number of carboxylic acids is 1. The van der Waals surface area contributed by atoms with Gasteiger partial charge in [-0.1, -0.05) is 0 Å². The summed E-state index contributed by atoms with van der Waals surface area (Å²) in [7, 11) is 0. The zero-order chi connectivity index (χ0) is 8.72. The Balaban J connectivity index is 0.000000845. The van der Waals surface area contributed by atoms with E-state index in [9.17, 15) is 14.7 Å². The number of carboxylic acid groups (broad SMARTS) is 1. The molecule has 1 amide bonds. The van der Waals surface area contributed by atoms with Gasteiger partial charge in [0, 0.05) is 18.9 Å². The Hall–Kier alpha value is -0.100. The van der Waals surface area contributed by atoms with Crippen molar-refractivity contribution < 1.29 is 49.0 Å². The summed E-state index contributed by atoms with van der Waals surface area (Å²) in [6.45, 7) is 0.400. The summed E-state index contributed by atoms with van der Waals surface area (Å²) in [5.41, 5.74) is 0. The van der Waals surface area contributed by atoms with E-state index in [2.05, 4.69) is 0 Å². The number of hydrogen-bond donors (Lipinski definition) is 0. The van der Waals surface area contributed by atoms with Crippen molar-refractivity contribution in [3.05, 3.63) is 0 Å². The van der Waals surface area contributed by atoms with E-state index in [1.165, 1.54) is 0 Å². The van der Waals surface area contributed by atoms with Crippen molar-refractivity contribution in [3.8, 4) is 0 Å². The Kier molecular flexibility index (Phi) is 3.34. The quantitative estimate of drug-likeness (QED) is 0.325. The van der Waals surface area contributed by atoms with Crippen LogP contribution in [0, 0.1) is 0 Å². The second-order valence-corrected chi connectivity index (χ2v) is 3.04. The van der Waals surface area contributed by atoms with E-state index in [4.69, 9.17) is 4.74 Å². The molecule has 2 saturated heterocycles. The summed E-state index contributed by atoms with van der Waals surface area (Å²) < 4.78 is 5.23. The molecular formula is C7H8NNaO4. The van der Waals surface area contributed by atoms with E-state index < -0.39 is 5.97 Å². The fourth-order valence-corrected chi connectivity index (χ4v) is 1.55. The van der Waals surface area contributed by atoms with Crippen molar-refractivity contribution in [2.75, 3.05) is 6.54 Å². The van der Waals surface area contributed by atoms with E-state index >= 15 is 0 Å². The van der Waals surface area contributed by atoms with Gasteiger partial charge in [0.15, 0.2) is 0 Å². The minimum Gasteiger partial charge on any atom is -0.550 e. The zero-order valence-electron chi connectivity index (χ0n) is 7.36. The van der Waals surface area contributed by atoms with E-state index in [0.29, 0.717) is 13.0 Å². The van der Waals surface area contributed by atoms with Crippen molar-refractivity contribution in [1.82, 2.24) is 4.90 Å². The average Bonchev–Trinajstić information content (AvgIpc) is 2.26. The van der Waals surface area contributed by atoms with Crippen LogP contribution in [0.25, 0.3) is 0 Å². The van der Waals surface area contributed by atoms with Crippen LogP contribution in [-0.2, 0) is 14.3 Å². The van der Waals surface area contributed by atoms with Crippen LogP contribution >= 0.6 is 0 Å². The van der Waals surface area contributed by atoms with Crippen LogP contribution in [0.15, 0.2) is 0 Å². The van der Waals surface area contributed by atoms with Gasteiger partial charge in [-0.15, -0.1) is 0 Å². The Bertz CT molecular complexity index is 245. The van der Waals surface area contributed by atoms with E-state index in [0.717, 1.165) is 0 Å². The smallest absolute Gasteiger partial charge is 0.550 e. The molecule has 0 aromatic carbocycles. The van der Waals surface area contributed by atoms with Gasteiger partial charge in [0.05, 0.1) is 12.5 Å². The van der Waals surface area contributed by atoms with Crippen LogP contribution in [0.3, 0.4) is 0 Å². The molecule has 0 aromatic rings. The van der Waals surface area contributed by atoms with E-state index in [-0.39, 0.29) is 54.2 Å². The molecule has 2 aliphatic rings. The second kappa shape index (κ2) is 3.96. The largest absolute Gasteiger partial charge is 1.00 e. The number of fused-ring (bicyclic) bond motifs is 1. The summed E-state index contributed by atoms with van der Waals surface area (Å²) in [5, 5.41) is 10.2. The van der Waals surface area contributed by atoms with Crippen LogP contribution in [0.5, 0.6) is 0 Å². The van der Waals surface area contributed by atoms with Gasteiger partial charge in [-0.2, -0.15) is 0 Å². The first kappa shape index (κ1) is 11.0. The molecule has 2 heterocycles. The van der Waals surface area contributed by atoms with Crippen LogP contribution in [0.1, 0.15) is 12.8 Å². The number of carbonyl (C=O) groups excluding carboxylic acids is 2. The molecule has 13 heavy (non-hydrogen) atoms. The van der Waals surface area contributed by atoms with Gasteiger partial charge in [-0.3, -0.25) is 4.79 Å². The number of amides is 1. The minimum absolute atomic E-state index is 0. The van der Waals surface area contributed by atoms with Crippen molar-refractivity contribution >= 4 is 11.9 Å². The summed E-state index contributed by atoms with van der Waals surface area (Å²) in [6.07, 6.45) is -0.266. The topological polar surface area (TPSA) is 69.7 Å². The fraction of sp³-hybridized carbons (Fsp3) is 0.714. The Morgan fingerprint density at radius 2 is 2.38 bits per heavy atom. The second-order valence-electron chi connectivity index (χ2n) is 3.04. The predicted molar refractivity (Wildman–Crippen MR) is 34.6 cm³/mol. The van der Waals surface area contributed by atoms with Crippen molar-refractivity contribution in [2.24, 2.45) is 0 Å². The van der Waals surface area contributed by atoms with Gasteiger partial charge < -0.3 is 19.5 Å². The molecule has 2 atom stereocenters. The summed E-state index contributed by atoms with van der Waals surface area (Å²) in [4.78, 5) is 22.6. The molecule has 0 bridgehead atoms. The van der Waals surface area contributed by atoms with Gasteiger partial charge in [0.1, 0.15) is 6.23 Å². The number of carbonyl (C=O) groups is 2. The number of β-lactam (4-membered cyclic amide) rings is 1. The summed E-state index contributed by atoms with van der Waals surface area (Å²) in [5.74, 6) is -1.09.